The molecular formula is C12H12N2O4. The summed E-state index contributed by atoms with van der Waals surface area (Å²) in [6.45, 7) is 0.355. The molecule has 0 unspecified atom stereocenters. The molecule has 2 aromatic rings. The van der Waals surface area contributed by atoms with Crippen molar-refractivity contribution in [2.24, 2.45) is 0 Å². The second kappa shape index (κ2) is 5.31. The predicted molar refractivity (Wildman–Crippen MR) is 62.7 cm³/mol. The van der Waals surface area contributed by atoms with E-state index in [0.29, 0.717) is 18.5 Å². The van der Waals surface area contributed by atoms with Crippen LogP contribution in [-0.4, -0.2) is 30.5 Å². The lowest BCUT2D eigenvalue weighted by molar-refractivity contribution is -0.152. The van der Waals surface area contributed by atoms with Gasteiger partial charge in [-0.2, -0.15) is 0 Å². The molecule has 1 aromatic carbocycles. The van der Waals surface area contributed by atoms with Crippen LogP contribution in [0, 0.1) is 0 Å². The normalized spacial score (nSPS) is 10.3. The van der Waals surface area contributed by atoms with Gasteiger partial charge in [-0.05, 0) is 24.1 Å². The average Bonchev–Trinajstić information content (AvgIpc) is 2.85. The molecule has 0 spiro atoms. The van der Waals surface area contributed by atoms with Crippen molar-refractivity contribution in [2.75, 3.05) is 13.7 Å². The summed E-state index contributed by atoms with van der Waals surface area (Å²) in [5, 5.41) is 2.46. The largest absolute Gasteiger partial charge is 0.462 e. The minimum absolute atomic E-state index is 0.355. The number of ether oxygens (including phenoxy) is 1. The number of rotatable bonds is 3. The van der Waals surface area contributed by atoms with Crippen LogP contribution >= 0.6 is 0 Å². The Morgan fingerprint density at radius 2 is 2.28 bits per heavy atom. The zero-order valence-electron chi connectivity index (χ0n) is 9.80. The van der Waals surface area contributed by atoms with Gasteiger partial charge in [0, 0.05) is 6.54 Å². The summed E-state index contributed by atoms with van der Waals surface area (Å²) in [5.41, 5.74) is 2.48. The molecule has 18 heavy (non-hydrogen) atoms. The number of benzene rings is 1. The van der Waals surface area contributed by atoms with Crippen LogP contribution in [0.2, 0.25) is 0 Å². The molecule has 0 fully saturated rings. The third-order valence-corrected chi connectivity index (χ3v) is 2.47. The third-order valence-electron chi connectivity index (χ3n) is 2.47. The summed E-state index contributed by atoms with van der Waals surface area (Å²) in [6, 6.07) is 5.60. The van der Waals surface area contributed by atoms with Crippen molar-refractivity contribution in [1.29, 1.82) is 0 Å². The summed E-state index contributed by atoms with van der Waals surface area (Å²) >= 11 is 0. The Morgan fingerprint density at radius 1 is 1.44 bits per heavy atom. The van der Waals surface area contributed by atoms with Crippen molar-refractivity contribution in [3.8, 4) is 0 Å². The standard InChI is InChI=1S/C12H12N2O4/c1-17-12(16)11(15)13-5-4-8-2-3-9-10(6-8)18-7-14-9/h2-3,6-7H,4-5H2,1H3,(H,13,15). The van der Waals surface area contributed by atoms with E-state index >= 15 is 0 Å². The Labute approximate surface area is 103 Å². The maximum Gasteiger partial charge on any atom is 0.396 e. The highest BCUT2D eigenvalue weighted by Gasteiger charge is 2.12. The summed E-state index contributed by atoms with van der Waals surface area (Å²) in [6.07, 6.45) is 1.98. The molecule has 0 saturated carbocycles. The molecule has 0 atom stereocenters. The fourth-order valence-electron chi connectivity index (χ4n) is 1.54. The van der Waals surface area contributed by atoms with Gasteiger partial charge < -0.3 is 14.5 Å². The van der Waals surface area contributed by atoms with Crippen LogP contribution in [0.3, 0.4) is 0 Å². The molecule has 2 rings (SSSR count). The molecular weight excluding hydrogens is 236 g/mol. The first kappa shape index (κ1) is 12.1. The number of nitrogens with zero attached hydrogens (tertiary/aromatic N) is 1. The van der Waals surface area contributed by atoms with Crippen molar-refractivity contribution in [3.63, 3.8) is 0 Å². The quantitative estimate of drug-likeness (QED) is 0.637. The fourth-order valence-corrected chi connectivity index (χ4v) is 1.54. The van der Waals surface area contributed by atoms with Crippen molar-refractivity contribution in [2.45, 2.75) is 6.42 Å². The SMILES string of the molecule is COC(=O)C(=O)NCCc1ccc2ncoc2c1. The zero-order valence-corrected chi connectivity index (χ0v) is 9.80. The van der Waals surface area contributed by atoms with Crippen LogP contribution in [-0.2, 0) is 20.7 Å². The van der Waals surface area contributed by atoms with Crippen molar-refractivity contribution in [3.05, 3.63) is 30.2 Å². The number of aromatic nitrogens is 1. The third kappa shape index (κ3) is 2.65. The molecule has 1 N–H and O–H groups in total. The van der Waals surface area contributed by atoms with Gasteiger partial charge >= 0.3 is 11.9 Å². The lowest BCUT2D eigenvalue weighted by Crippen LogP contribution is -2.33. The Hall–Kier alpha value is -2.37. The first-order chi connectivity index (χ1) is 8.70. The summed E-state index contributed by atoms with van der Waals surface area (Å²) in [7, 11) is 1.17. The van der Waals surface area contributed by atoms with E-state index in [4.69, 9.17) is 4.42 Å². The summed E-state index contributed by atoms with van der Waals surface area (Å²) < 4.78 is 9.46. The summed E-state index contributed by atoms with van der Waals surface area (Å²) in [5.74, 6) is -1.63. The molecule has 1 aromatic heterocycles. The Bertz CT molecular complexity index is 576. The Morgan fingerprint density at radius 3 is 3.06 bits per heavy atom. The first-order valence-electron chi connectivity index (χ1n) is 5.39. The molecule has 94 valence electrons. The molecule has 1 heterocycles. The van der Waals surface area contributed by atoms with E-state index in [0.717, 1.165) is 11.1 Å². The Balaban J connectivity index is 1.90. The smallest absolute Gasteiger partial charge is 0.396 e. The van der Waals surface area contributed by atoms with Gasteiger partial charge in [-0.3, -0.25) is 4.79 Å². The number of nitrogens with one attached hydrogen (secondary N) is 1. The van der Waals surface area contributed by atoms with Gasteiger partial charge in [0.2, 0.25) is 0 Å². The first-order valence-corrected chi connectivity index (χ1v) is 5.39. The minimum atomic E-state index is -0.888. The lowest BCUT2D eigenvalue weighted by Gasteiger charge is -2.03. The number of hydrogen-bond donors (Lipinski definition) is 1. The number of methoxy groups -OCH3 is 1. The van der Waals surface area contributed by atoms with Gasteiger partial charge in [-0.15, -0.1) is 0 Å². The van der Waals surface area contributed by atoms with Gasteiger partial charge in [0.05, 0.1) is 7.11 Å². The summed E-state index contributed by atoms with van der Waals surface area (Å²) in [4.78, 5) is 26.0. The monoisotopic (exact) mass is 248 g/mol. The number of esters is 1. The molecule has 0 radical (unpaired) electrons. The van der Waals surface area contributed by atoms with E-state index in [9.17, 15) is 9.59 Å². The van der Waals surface area contributed by atoms with Crippen LogP contribution in [0.25, 0.3) is 11.1 Å². The van der Waals surface area contributed by atoms with Gasteiger partial charge in [-0.25, -0.2) is 9.78 Å². The molecule has 1 amide bonds. The molecule has 0 aliphatic carbocycles. The Kier molecular flexibility index (Phi) is 3.57. The van der Waals surface area contributed by atoms with E-state index in [-0.39, 0.29) is 0 Å². The van der Waals surface area contributed by atoms with Crippen LogP contribution in [0.5, 0.6) is 0 Å². The lowest BCUT2D eigenvalue weighted by atomic mass is 10.1. The highest BCUT2D eigenvalue weighted by Crippen LogP contribution is 2.14. The molecule has 0 saturated heterocycles. The second-order valence-electron chi connectivity index (χ2n) is 3.65. The highest BCUT2D eigenvalue weighted by molar-refractivity contribution is 6.32. The topological polar surface area (TPSA) is 81.4 Å². The molecule has 0 bridgehead atoms. The van der Waals surface area contributed by atoms with Crippen molar-refractivity contribution in [1.82, 2.24) is 10.3 Å². The molecule has 6 nitrogen and oxygen atoms in total. The number of oxazole rings is 1. The van der Waals surface area contributed by atoms with Gasteiger partial charge in [0.15, 0.2) is 12.0 Å². The van der Waals surface area contributed by atoms with E-state index in [1.807, 2.05) is 18.2 Å². The van der Waals surface area contributed by atoms with E-state index < -0.39 is 11.9 Å². The van der Waals surface area contributed by atoms with Crippen LogP contribution < -0.4 is 5.32 Å². The van der Waals surface area contributed by atoms with Crippen LogP contribution in [0.4, 0.5) is 0 Å². The minimum Gasteiger partial charge on any atom is -0.462 e. The van der Waals surface area contributed by atoms with E-state index in [1.165, 1.54) is 13.5 Å². The number of carbonyl (C=O) groups excluding carboxylic acids is 2. The maximum atomic E-state index is 11.1. The highest BCUT2D eigenvalue weighted by atomic mass is 16.5. The van der Waals surface area contributed by atoms with E-state index in [2.05, 4.69) is 15.0 Å². The molecule has 0 aliphatic heterocycles. The van der Waals surface area contributed by atoms with Gasteiger partial charge in [-0.1, -0.05) is 6.07 Å². The van der Waals surface area contributed by atoms with Gasteiger partial charge in [0.25, 0.3) is 0 Å². The average molecular weight is 248 g/mol. The number of hydrogen-bond acceptors (Lipinski definition) is 5. The van der Waals surface area contributed by atoms with Crippen LogP contribution in [0.1, 0.15) is 5.56 Å². The predicted octanol–water partition coefficient (Wildman–Crippen LogP) is 0.659. The van der Waals surface area contributed by atoms with Crippen molar-refractivity contribution >= 4 is 23.0 Å². The molecule has 0 aliphatic rings. The fraction of sp³-hybridized carbons (Fsp3) is 0.250. The molecule has 6 heteroatoms. The number of fused-ring (bicyclic) bond motifs is 1. The van der Waals surface area contributed by atoms with E-state index in [1.54, 1.807) is 0 Å². The maximum absolute atomic E-state index is 11.1. The van der Waals surface area contributed by atoms with Crippen molar-refractivity contribution < 1.29 is 18.7 Å². The van der Waals surface area contributed by atoms with Crippen LogP contribution in [0.15, 0.2) is 29.0 Å². The zero-order chi connectivity index (χ0) is 13.0. The number of amides is 1. The second-order valence-corrected chi connectivity index (χ2v) is 3.65. The van der Waals surface area contributed by atoms with Gasteiger partial charge in [0.1, 0.15) is 5.52 Å². The number of carbonyl (C=O) groups is 2.